The number of benzene rings is 3. The van der Waals surface area contributed by atoms with Gasteiger partial charge in [0.15, 0.2) is 0 Å². The zero-order chi connectivity index (χ0) is 32.9. The Balaban J connectivity index is 0.944. The Labute approximate surface area is 288 Å². The van der Waals surface area contributed by atoms with E-state index in [0.29, 0.717) is 12.0 Å². The van der Waals surface area contributed by atoms with E-state index in [9.17, 15) is 9.90 Å². The summed E-state index contributed by atoms with van der Waals surface area (Å²) >= 11 is 4.67. The molecule has 3 aliphatic heterocycles. The number of aromatic nitrogens is 4. The zero-order valence-electron chi connectivity index (χ0n) is 27.3. The van der Waals surface area contributed by atoms with Crippen LogP contribution in [0.1, 0.15) is 63.3 Å². The average Bonchev–Trinajstić information content (AvgIpc) is 3.52. The van der Waals surface area contributed by atoms with Crippen molar-refractivity contribution in [3.8, 4) is 22.3 Å². The summed E-state index contributed by atoms with van der Waals surface area (Å²) in [6.45, 7) is 5.72. The van der Waals surface area contributed by atoms with Crippen LogP contribution in [0.2, 0.25) is 0 Å². The van der Waals surface area contributed by atoms with Gasteiger partial charge in [0.05, 0.1) is 32.9 Å². The fourth-order valence-corrected chi connectivity index (χ4v) is 8.71. The first kappa shape index (κ1) is 30.8. The molecular formula is C37H42N7O2PS. The number of carbonyl (C=O) groups excluding carboxylic acids is 1. The molecule has 9 rings (SSSR count). The first-order valence-corrected chi connectivity index (χ1v) is 18.5. The topological polar surface area (TPSA) is 104 Å². The molecule has 9 nitrogen and oxygen atoms in total. The van der Waals surface area contributed by atoms with Crippen LogP contribution in [0, 0.1) is 11.8 Å². The van der Waals surface area contributed by atoms with Crippen molar-refractivity contribution in [1.82, 2.24) is 34.9 Å². The number of piperidine rings is 1. The molecule has 248 valence electrons. The molecule has 3 aromatic carbocycles. The summed E-state index contributed by atoms with van der Waals surface area (Å²) in [7, 11) is 2.77. The van der Waals surface area contributed by atoms with E-state index in [1.54, 1.807) is 0 Å². The molecule has 8 atom stereocenters. The Bertz CT molecular complexity index is 2040. The van der Waals surface area contributed by atoms with Gasteiger partial charge in [0.1, 0.15) is 23.9 Å². The lowest BCUT2D eigenvalue weighted by atomic mass is 10.00. The van der Waals surface area contributed by atoms with Crippen molar-refractivity contribution in [1.29, 1.82) is 0 Å². The summed E-state index contributed by atoms with van der Waals surface area (Å²) in [5.74, 6) is 2.72. The second-order valence-corrected chi connectivity index (χ2v) is 16.1. The minimum atomic E-state index is -0.647. The third-order valence-corrected chi connectivity index (χ3v) is 12.5. The SMILES string of the molecule is CC(CP)C(O)N1C(c2nc3ccc(-c4ccc(-c5ccc6nc(C7CCN8CCC(C)(S)C(=O)N78)[nH]c6c5)cc4)cc3[nH]2)CC2CC21. The number of hydrogen-bond donors (Lipinski definition) is 4. The first-order chi connectivity index (χ1) is 23.2. The molecule has 0 spiro atoms. The van der Waals surface area contributed by atoms with Gasteiger partial charge in [-0.25, -0.2) is 15.0 Å². The number of likely N-dealkylation sites (tertiary alicyclic amines) is 1. The van der Waals surface area contributed by atoms with Gasteiger partial charge in [0, 0.05) is 19.1 Å². The number of rotatable bonds is 7. The maximum absolute atomic E-state index is 13.2. The molecule has 2 aromatic heterocycles. The summed E-state index contributed by atoms with van der Waals surface area (Å²) in [5.41, 5.74) is 8.37. The van der Waals surface area contributed by atoms with Crippen LogP contribution in [0.25, 0.3) is 44.3 Å². The van der Waals surface area contributed by atoms with E-state index in [4.69, 9.17) is 9.97 Å². The van der Waals surface area contributed by atoms with Gasteiger partial charge >= 0.3 is 0 Å². The van der Waals surface area contributed by atoms with Crippen molar-refractivity contribution in [2.45, 2.75) is 68.6 Å². The van der Waals surface area contributed by atoms with Gasteiger partial charge < -0.3 is 15.1 Å². The lowest BCUT2D eigenvalue weighted by Gasteiger charge is -2.42. The number of nitrogens with one attached hydrogen (secondary N) is 2. The Hall–Kier alpha value is -3.27. The highest BCUT2D eigenvalue weighted by Crippen LogP contribution is 2.54. The highest BCUT2D eigenvalue weighted by Gasteiger charge is 2.55. The molecule has 4 aliphatic rings. The molecule has 11 heteroatoms. The molecule has 5 heterocycles. The van der Waals surface area contributed by atoms with Gasteiger partial charge in [-0.1, -0.05) is 43.3 Å². The highest BCUT2D eigenvalue weighted by atomic mass is 32.1. The molecule has 4 fully saturated rings. The quantitative estimate of drug-likeness (QED) is 0.119. The molecule has 1 amide bonds. The summed E-state index contributed by atoms with van der Waals surface area (Å²) in [6.07, 6.45) is 4.27. The Morgan fingerprint density at radius 2 is 1.50 bits per heavy atom. The van der Waals surface area contributed by atoms with E-state index < -0.39 is 11.0 Å². The lowest BCUT2D eigenvalue weighted by Crippen LogP contribution is -2.56. The number of carbonyl (C=O) groups is 1. The van der Waals surface area contributed by atoms with Crippen LogP contribution in [0.15, 0.2) is 60.7 Å². The third kappa shape index (κ3) is 5.02. The van der Waals surface area contributed by atoms with E-state index >= 15 is 0 Å². The third-order valence-electron chi connectivity index (χ3n) is 11.3. The van der Waals surface area contributed by atoms with Gasteiger partial charge in [0.25, 0.3) is 5.91 Å². The van der Waals surface area contributed by atoms with E-state index in [0.717, 1.165) is 94.5 Å². The van der Waals surface area contributed by atoms with Crippen molar-refractivity contribution < 1.29 is 9.90 Å². The first-order valence-electron chi connectivity index (χ1n) is 17.2. The fourth-order valence-electron chi connectivity index (χ4n) is 8.27. The molecule has 0 bridgehead atoms. The van der Waals surface area contributed by atoms with E-state index in [-0.39, 0.29) is 23.9 Å². The molecule has 5 aromatic rings. The minimum absolute atomic E-state index is 0.0564. The largest absolute Gasteiger partial charge is 0.378 e. The van der Waals surface area contributed by atoms with Crippen LogP contribution in [-0.4, -0.2) is 82.1 Å². The van der Waals surface area contributed by atoms with E-state index in [1.165, 1.54) is 6.42 Å². The standard InChI is InChI=1S/C37H42N7O2PS/c1-20(19-47)35(45)43-31-17-25(31)18-32(43)34-39-27-10-8-24(16-29(27)41-34)22-5-3-21(4-6-22)23-7-9-26-28(15-23)40-33(38-26)30-11-13-42-14-12-37(2,48)36(46)44(30)42/h3-10,15-16,20,25,30-32,35,45,48H,11-14,17-19,47H2,1-2H3,(H,38,40)(H,39,41). The average molecular weight is 680 g/mol. The number of aromatic amines is 2. The predicted octanol–water partition coefficient (Wildman–Crippen LogP) is 6.32. The Morgan fingerprint density at radius 3 is 2.10 bits per heavy atom. The number of aliphatic hydroxyl groups is 1. The lowest BCUT2D eigenvalue weighted by molar-refractivity contribution is -0.156. The van der Waals surface area contributed by atoms with Gasteiger partial charge in [-0.05, 0) is 97.1 Å². The van der Waals surface area contributed by atoms with Crippen LogP contribution in [0.4, 0.5) is 0 Å². The predicted molar refractivity (Wildman–Crippen MR) is 195 cm³/mol. The molecule has 48 heavy (non-hydrogen) atoms. The molecule has 1 saturated carbocycles. The highest BCUT2D eigenvalue weighted by molar-refractivity contribution is 7.82. The van der Waals surface area contributed by atoms with Crippen molar-refractivity contribution >= 4 is 49.8 Å². The summed E-state index contributed by atoms with van der Waals surface area (Å²) in [5, 5.41) is 15.2. The van der Waals surface area contributed by atoms with Gasteiger partial charge in [-0.15, -0.1) is 9.24 Å². The van der Waals surface area contributed by atoms with Gasteiger partial charge in [0.2, 0.25) is 0 Å². The number of imidazole rings is 2. The normalized spacial score (nSPS) is 28.7. The molecule has 3 N–H and O–H groups in total. The molecular weight excluding hydrogens is 637 g/mol. The van der Waals surface area contributed by atoms with Crippen molar-refractivity contribution in [2.75, 3.05) is 19.3 Å². The monoisotopic (exact) mass is 679 g/mol. The smallest absolute Gasteiger partial charge is 0.253 e. The second-order valence-electron chi connectivity index (χ2n) is 14.6. The van der Waals surface area contributed by atoms with Crippen molar-refractivity contribution in [3.05, 3.63) is 72.3 Å². The van der Waals surface area contributed by atoms with Crippen LogP contribution in [-0.2, 0) is 4.79 Å². The summed E-state index contributed by atoms with van der Waals surface area (Å²) < 4.78 is -0.647. The van der Waals surface area contributed by atoms with E-state index in [1.807, 2.05) is 11.9 Å². The Morgan fingerprint density at radius 1 is 0.917 bits per heavy atom. The number of thiol groups is 1. The van der Waals surface area contributed by atoms with Crippen LogP contribution >= 0.6 is 21.9 Å². The van der Waals surface area contributed by atoms with Crippen LogP contribution < -0.4 is 0 Å². The number of fused-ring (bicyclic) bond motifs is 4. The van der Waals surface area contributed by atoms with Gasteiger partial charge in [-0.2, -0.15) is 12.6 Å². The number of nitrogens with zero attached hydrogens (tertiary/aromatic N) is 5. The minimum Gasteiger partial charge on any atom is -0.378 e. The van der Waals surface area contributed by atoms with Crippen LogP contribution in [0.5, 0.6) is 0 Å². The Kier molecular flexibility index (Phi) is 7.30. The maximum atomic E-state index is 13.2. The van der Waals surface area contributed by atoms with E-state index in [2.05, 4.69) is 109 Å². The molecule has 3 saturated heterocycles. The maximum Gasteiger partial charge on any atom is 0.253 e. The van der Waals surface area contributed by atoms with Crippen molar-refractivity contribution in [2.24, 2.45) is 11.8 Å². The van der Waals surface area contributed by atoms with Gasteiger partial charge in [-0.3, -0.25) is 14.7 Å². The zero-order valence-corrected chi connectivity index (χ0v) is 29.4. The number of hydrogen-bond acceptors (Lipinski definition) is 7. The fraction of sp³-hybridized carbons (Fsp3) is 0.432. The second kappa shape index (κ2) is 11.4. The number of H-pyrrole nitrogens is 2. The van der Waals surface area contributed by atoms with Crippen molar-refractivity contribution in [3.63, 3.8) is 0 Å². The molecule has 1 aliphatic carbocycles. The van der Waals surface area contributed by atoms with Crippen LogP contribution in [0.3, 0.4) is 0 Å². The molecule has 0 radical (unpaired) electrons. The molecule has 8 unspecified atom stereocenters. The summed E-state index contributed by atoms with van der Waals surface area (Å²) in [4.78, 5) is 32.6. The number of hydrazine groups is 1. The summed E-state index contributed by atoms with van der Waals surface area (Å²) in [6, 6.07) is 22.0. The number of aliphatic hydroxyl groups excluding tert-OH is 1. The number of amides is 1.